The largest absolute Gasteiger partial charge is 0.329 e. The minimum atomic E-state index is 0.240. The second-order valence-electron chi connectivity index (χ2n) is 6.30. The third-order valence-corrected chi connectivity index (χ3v) is 5.03. The van der Waals surface area contributed by atoms with E-state index in [4.69, 9.17) is 5.73 Å². The molecule has 1 heterocycles. The molecule has 2 N–H and O–H groups in total. The van der Waals surface area contributed by atoms with Crippen LogP contribution >= 0.6 is 0 Å². The van der Waals surface area contributed by atoms with Crippen LogP contribution in [0.3, 0.4) is 0 Å². The first-order valence-electron chi connectivity index (χ1n) is 8.04. The number of pyridine rings is 1. The molecule has 3 nitrogen and oxygen atoms in total. The second kappa shape index (κ2) is 7.19. The number of nitrogens with two attached hydrogens (primary N) is 1. The lowest BCUT2D eigenvalue weighted by Crippen LogP contribution is -2.56. The van der Waals surface area contributed by atoms with E-state index in [0.29, 0.717) is 0 Å². The highest BCUT2D eigenvalue weighted by molar-refractivity contribution is 5.09. The summed E-state index contributed by atoms with van der Waals surface area (Å²) in [7, 11) is 0. The quantitative estimate of drug-likeness (QED) is 0.868. The van der Waals surface area contributed by atoms with E-state index in [1.54, 1.807) is 0 Å². The molecule has 3 heteroatoms. The maximum atomic E-state index is 6.18. The Morgan fingerprint density at radius 3 is 2.70 bits per heavy atom. The molecular formula is C17H29N3. The van der Waals surface area contributed by atoms with E-state index in [1.165, 1.54) is 31.2 Å². The van der Waals surface area contributed by atoms with Gasteiger partial charge in [-0.15, -0.1) is 0 Å². The Morgan fingerprint density at radius 1 is 1.40 bits per heavy atom. The topological polar surface area (TPSA) is 42.2 Å². The van der Waals surface area contributed by atoms with Crippen molar-refractivity contribution in [2.24, 2.45) is 11.7 Å². The highest BCUT2D eigenvalue weighted by atomic mass is 15.2. The molecule has 0 bridgehead atoms. The van der Waals surface area contributed by atoms with Crippen molar-refractivity contribution < 1.29 is 0 Å². The van der Waals surface area contributed by atoms with Gasteiger partial charge in [0.2, 0.25) is 0 Å². The molecule has 0 amide bonds. The number of hydrogen-bond acceptors (Lipinski definition) is 3. The van der Waals surface area contributed by atoms with Gasteiger partial charge in [0.25, 0.3) is 0 Å². The van der Waals surface area contributed by atoms with Crippen LogP contribution < -0.4 is 5.73 Å². The average molecular weight is 275 g/mol. The van der Waals surface area contributed by atoms with Crippen molar-refractivity contribution in [3.63, 3.8) is 0 Å². The molecule has 112 valence electrons. The molecule has 0 atom stereocenters. The highest BCUT2D eigenvalue weighted by Gasteiger charge is 2.37. The summed E-state index contributed by atoms with van der Waals surface area (Å²) in [4.78, 5) is 6.82. The third-order valence-electron chi connectivity index (χ3n) is 5.03. The van der Waals surface area contributed by atoms with E-state index in [-0.39, 0.29) is 5.54 Å². The van der Waals surface area contributed by atoms with E-state index < -0.39 is 0 Å². The molecule has 0 unspecified atom stereocenters. The standard InChI is InChI=1S/C17H29N3/c1-3-20(12-8-16-5-4-11-19-13-16)17(14-18)9-6-15(2)7-10-17/h4-5,11,13,15H,3,6-10,12,14,18H2,1-2H3. The number of hydrogen-bond donors (Lipinski definition) is 1. The highest BCUT2D eigenvalue weighted by Crippen LogP contribution is 2.35. The predicted octanol–water partition coefficient (Wildman–Crippen LogP) is 2.85. The van der Waals surface area contributed by atoms with Gasteiger partial charge < -0.3 is 5.73 Å². The number of aromatic nitrogens is 1. The van der Waals surface area contributed by atoms with E-state index >= 15 is 0 Å². The summed E-state index contributed by atoms with van der Waals surface area (Å²) in [6, 6.07) is 4.19. The van der Waals surface area contributed by atoms with Crippen LogP contribution in [0.4, 0.5) is 0 Å². The van der Waals surface area contributed by atoms with Gasteiger partial charge >= 0.3 is 0 Å². The molecule has 20 heavy (non-hydrogen) atoms. The normalized spacial score (nSPS) is 26.9. The van der Waals surface area contributed by atoms with Crippen molar-refractivity contribution in [3.05, 3.63) is 30.1 Å². The van der Waals surface area contributed by atoms with Gasteiger partial charge in [-0.05, 0) is 56.2 Å². The first-order chi connectivity index (χ1) is 9.70. The van der Waals surface area contributed by atoms with Gasteiger partial charge in [-0.1, -0.05) is 19.9 Å². The molecule has 0 aliphatic heterocycles. The lowest BCUT2D eigenvalue weighted by atomic mass is 9.76. The molecule has 1 saturated carbocycles. The van der Waals surface area contributed by atoms with Crippen molar-refractivity contribution in [1.29, 1.82) is 0 Å². The van der Waals surface area contributed by atoms with Gasteiger partial charge in [0.05, 0.1) is 0 Å². The fourth-order valence-electron chi connectivity index (χ4n) is 3.49. The van der Waals surface area contributed by atoms with Crippen LogP contribution in [0, 0.1) is 5.92 Å². The number of likely N-dealkylation sites (N-methyl/N-ethyl adjacent to an activating group) is 1. The van der Waals surface area contributed by atoms with Crippen LogP contribution in [0.25, 0.3) is 0 Å². The third kappa shape index (κ3) is 3.58. The van der Waals surface area contributed by atoms with Crippen LogP contribution in [0.15, 0.2) is 24.5 Å². The monoisotopic (exact) mass is 275 g/mol. The van der Waals surface area contributed by atoms with E-state index in [9.17, 15) is 0 Å². The Hall–Kier alpha value is -0.930. The van der Waals surface area contributed by atoms with Gasteiger partial charge in [0.1, 0.15) is 0 Å². The zero-order chi connectivity index (χ0) is 14.4. The molecule has 1 aliphatic rings. The van der Waals surface area contributed by atoms with Gasteiger partial charge in [-0.3, -0.25) is 9.88 Å². The summed E-state index contributed by atoms with van der Waals surface area (Å²) < 4.78 is 0. The van der Waals surface area contributed by atoms with Crippen molar-refractivity contribution in [2.45, 2.75) is 51.5 Å². The summed E-state index contributed by atoms with van der Waals surface area (Å²) >= 11 is 0. The van der Waals surface area contributed by atoms with Crippen LogP contribution in [0.5, 0.6) is 0 Å². The maximum absolute atomic E-state index is 6.18. The minimum absolute atomic E-state index is 0.240. The Labute approximate surface area is 123 Å². The van der Waals surface area contributed by atoms with Gasteiger partial charge in [0, 0.05) is 31.0 Å². The molecule has 1 fully saturated rings. The summed E-state index contributed by atoms with van der Waals surface area (Å²) in [5.74, 6) is 0.867. The molecule has 0 aromatic carbocycles. The van der Waals surface area contributed by atoms with Crippen LogP contribution in [-0.2, 0) is 6.42 Å². The van der Waals surface area contributed by atoms with Crippen LogP contribution in [0.1, 0.15) is 45.1 Å². The molecule has 0 radical (unpaired) electrons. The Kier molecular flexibility index (Phi) is 5.55. The molecule has 0 saturated heterocycles. The minimum Gasteiger partial charge on any atom is -0.329 e. The van der Waals surface area contributed by atoms with Crippen molar-refractivity contribution >= 4 is 0 Å². The smallest absolute Gasteiger partial charge is 0.0331 e. The molecule has 1 aromatic heterocycles. The van der Waals surface area contributed by atoms with Gasteiger partial charge in [-0.25, -0.2) is 0 Å². The van der Waals surface area contributed by atoms with E-state index in [2.05, 4.69) is 29.8 Å². The Bertz CT molecular complexity index is 382. The predicted molar refractivity (Wildman–Crippen MR) is 84.6 cm³/mol. The second-order valence-corrected chi connectivity index (χ2v) is 6.30. The van der Waals surface area contributed by atoms with E-state index in [0.717, 1.165) is 32.0 Å². The molecule has 1 aliphatic carbocycles. The SMILES string of the molecule is CCN(CCc1cccnc1)C1(CN)CCC(C)CC1. The molecule has 1 aromatic rings. The van der Waals surface area contributed by atoms with E-state index in [1.807, 2.05) is 18.5 Å². The Morgan fingerprint density at radius 2 is 2.15 bits per heavy atom. The lowest BCUT2D eigenvalue weighted by molar-refractivity contribution is 0.0500. The lowest BCUT2D eigenvalue weighted by Gasteiger charge is -2.47. The first kappa shape index (κ1) is 15.5. The fourth-order valence-corrected chi connectivity index (χ4v) is 3.49. The Balaban J connectivity index is 1.98. The number of rotatable bonds is 6. The summed E-state index contributed by atoms with van der Waals surface area (Å²) in [6.07, 6.45) is 10.0. The average Bonchev–Trinajstić information content (AvgIpc) is 2.51. The zero-order valence-electron chi connectivity index (χ0n) is 13.0. The number of nitrogens with zero attached hydrogens (tertiary/aromatic N) is 2. The van der Waals surface area contributed by atoms with Gasteiger partial charge in [-0.2, -0.15) is 0 Å². The van der Waals surface area contributed by atoms with Crippen molar-refractivity contribution in [1.82, 2.24) is 9.88 Å². The summed E-state index contributed by atoms with van der Waals surface area (Å²) in [5.41, 5.74) is 7.74. The molecular weight excluding hydrogens is 246 g/mol. The van der Waals surface area contributed by atoms with Crippen LogP contribution in [-0.4, -0.2) is 35.1 Å². The summed E-state index contributed by atoms with van der Waals surface area (Å²) in [6.45, 7) is 7.60. The van der Waals surface area contributed by atoms with Crippen LogP contribution in [0.2, 0.25) is 0 Å². The first-order valence-corrected chi connectivity index (χ1v) is 8.04. The van der Waals surface area contributed by atoms with Gasteiger partial charge in [0.15, 0.2) is 0 Å². The van der Waals surface area contributed by atoms with Crippen molar-refractivity contribution in [2.75, 3.05) is 19.6 Å². The molecule has 0 spiro atoms. The maximum Gasteiger partial charge on any atom is 0.0331 e. The van der Waals surface area contributed by atoms with Crippen molar-refractivity contribution in [3.8, 4) is 0 Å². The zero-order valence-corrected chi connectivity index (χ0v) is 13.0. The fraction of sp³-hybridized carbons (Fsp3) is 0.706. The summed E-state index contributed by atoms with van der Waals surface area (Å²) in [5, 5.41) is 0. The molecule has 2 rings (SSSR count).